The fourth-order valence-corrected chi connectivity index (χ4v) is 3.64. The molecule has 3 unspecified atom stereocenters. The van der Waals surface area contributed by atoms with Gasteiger partial charge in [-0.3, -0.25) is 24.2 Å². The number of hydrogen-bond acceptors (Lipinski definition) is 7. The molecule has 10 heteroatoms. The van der Waals surface area contributed by atoms with Gasteiger partial charge in [0.15, 0.2) is 0 Å². The zero-order valence-electron chi connectivity index (χ0n) is 19.5. The summed E-state index contributed by atoms with van der Waals surface area (Å²) in [6.07, 6.45) is 1.40. The lowest BCUT2D eigenvalue weighted by atomic mass is 10.0. The Balaban J connectivity index is 2.22. The van der Waals surface area contributed by atoms with Crippen LogP contribution in [0.2, 0.25) is 0 Å². The molecule has 33 heavy (non-hydrogen) atoms. The van der Waals surface area contributed by atoms with Crippen molar-refractivity contribution >= 4 is 24.2 Å². The predicted octanol–water partition coefficient (Wildman–Crippen LogP) is 0.637. The first-order chi connectivity index (χ1) is 15.6. The molecule has 4 N–H and O–H groups in total. The average Bonchev–Trinajstić information content (AvgIpc) is 2.75. The van der Waals surface area contributed by atoms with Crippen LogP contribution in [-0.4, -0.2) is 65.1 Å². The van der Waals surface area contributed by atoms with Crippen LogP contribution in [0.15, 0.2) is 24.3 Å². The Hall–Kier alpha value is -3.14. The van der Waals surface area contributed by atoms with Gasteiger partial charge in [0.05, 0.1) is 6.10 Å². The lowest BCUT2D eigenvalue weighted by molar-refractivity contribution is -0.156. The van der Waals surface area contributed by atoms with Crippen molar-refractivity contribution in [3.63, 3.8) is 0 Å². The molecule has 3 atom stereocenters. The fourth-order valence-electron chi connectivity index (χ4n) is 3.64. The maximum Gasteiger partial charge on any atom is 0.325 e. The fraction of sp³-hybridized carbons (Fsp3) is 0.565. The largest absolute Gasteiger partial charge is 0.508 e. The second kappa shape index (κ2) is 12.2. The van der Waals surface area contributed by atoms with Gasteiger partial charge in [-0.1, -0.05) is 26.0 Å². The minimum absolute atomic E-state index is 0.0419. The zero-order valence-corrected chi connectivity index (χ0v) is 19.5. The minimum Gasteiger partial charge on any atom is -0.508 e. The number of carbonyl (C=O) groups excluding carboxylic acids is 4. The Morgan fingerprint density at radius 2 is 2.00 bits per heavy atom. The summed E-state index contributed by atoms with van der Waals surface area (Å²) in [6, 6.07) is 3.95. The van der Waals surface area contributed by atoms with Gasteiger partial charge in [-0.05, 0) is 50.3 Å². The lowest BCUT2D eigenvalue weighted by Crippen LogP contribution is -2.61. The first-order valence-electron chi connectivity index (χ1n) is 11.2. The smallest absolute Gasteiger partial charge is 0.325 e. The number of carbonyl (C=O) groups is 4. The monoisotopic (exact) mass is 462 g/mol. The van der Waals surface area contributed by atoms with Crippen molar-refractivity contribution in [2.24, 2.45) is 5.92 Å². The van der Waals surface area contributed by atoms with Crippen LogP contribution >= 0.6 is 0 Å². The molecular formula is C23H34N4O6. The van der Waals surface area contributed by atoms with Crippen LogP contribution in [0.5, 0.6) is 5.75 Å². The Morgan fingerprint density at radius 3 is 2.61 bits per heavy atom. The molecule has 0 aliphatic carbocycles. The minimum atomic E-state index is -0.985. The molecule has 0 aromatic heterocycles. The van der Waals surface area contributed by atoms with E-state index in [4.69, 9.17) is 4.74 Å². The number of nitrogens with zero attached hydrogens (tertiary/aromatic N) is 1. The lowest BCUT2D eigenvalue weighted by Gasteiger charge is -2.35. The molecule has 0 bridgehead atoms. The number of ether oxygens (including phenoxy) is 1. The number of aromatic hydroxyl groups is 1. The van der Waals surface area contributed by atoms with E-state index in [2.05, 4.69) is 16.1 Å². The van der Waals surface area contributed by atoms with Gasteiger partial charge in [-0.15, -0.1) is 0 Å². The molecular weight excluding hydrogens is 428 g/mol. The SMILES string of the molecule is CC(C)OC(=O)C1CCCN(C(=O)C(Cc2cccc(O)c2)NC(=O)C(NC=O)C(C)C)N1. The zero-order chi connectivity index (χ0) is 24.5. The first-order valence-corrected chi connectivity index (χ1v) is 11.2. The highest BCUT2D eigenvalue weighted by Gasteiger charge is 2.34. The molecule has 1 aliphatic rings. The summed E-state index contributed by atoms with van der Waals surface area (Å²) >= 11 is 0. The Bertz CT molecular complexity index is 844. The number of hydrogen-bond donors (Lipinski definition) is 4. The summed E-state index contributed by atoms with van der Waals surface area (Å²) in [6.45, 7) is 7.43. The molecule has 1 heterocycles. The van der Waals surface area contributed by atoms with E-state index in [0.717, 1.165) is 0 Å². The molecule has 1 aromatic carbocycles. The van der Waals surface area contributed by atoms with Crippen molar-refractivity contribution in [2.75, 3.05) is 6.54 Å². The van der Waals surface area contributed by atoms with Gasteiger partial charge in [-0.2, -0.15) is 0 Å². The number of esters is 1. The normalized spacial score (nSPS) is 17.9. The second-order valence-electron chi connectivity index (χ2n) is 8.74. The summed E-state index contributed by atoms with van der Waals surface area (Å²) in [7, 11) is 0. The van der Waals surface area contributed by atoms with Crippen LogP contribution in [0, 0.1) is 5.92 Å². The third-order valence-corrected chi connectivity index (χ3v) is 5.25. The van der Waals surface area contributed by atoms with Crippen molar-refractivity contribution < 1.29 is 29.0 Å². The van der Waals surface area contributed by atoms with Gasteiger partial charge in [0.1, 0.15) is 23.9 Å². The van der Waals surface area contributed by atoms with E-state index in [0.29, 0.717) is 31.4 Å². The average molecular weight is 463 g/mol. The molecule has 1 aliphatic heterocycles. The van der Waals surface area contributed by atoms with Crippen molar-refractivity contribution in [2.45, 2.75) is 71.2 Å². The van der Waals surface area contributed by atoms with Gasteiger partial charge in [-0.25, -0.2) is 5.43 Å². The van der Waals surface area contributed by atoms with E-state index < -0.39 is 35.9 Å². The number of benzene rings is 1. The third-order valence-electron chi connectivity index (χ3n) is 5.25. The van der Waals surface area contributed by atoms with Gasteiger partial charge >= 0.3 is 5.97 Å². The standard InChI is InChI=1S/C23H34N4O6/c1-14(2)20(24-13-28)21(30)25-19(12-16-7-5-8-17(29)11-16)22(31)27-10-6-9-18(26-27)23(32)33-15(3)4/h5,7-8,11,13-15,18-20,26,29H,6,9-10,12H2,1-4H3,(H,24,28)(H,25,30). The van der Waals surface area contributed by atoms with Gasteiger partial charge in [0.2, 0.25) is 12.3 Å². The van der Waals surface area contributed by atoms with E-state index in [1.165, 1.54) is 17.1 Å². The predicted molar refractivity (Wildman–Crippen MR) is 121 cm³/mol. The van der Waals surface area contributed by atoms with Crippen molar-refractivity contribution in [1.29, 1.82) is 0 Å². The van der Waals surface area contributed by atoms with Crippen molar-refractivity contribution in [1.82, 2.24) is 21.1 Å². The van der Waals surface area contributed by atoms with Crippen molar-refractivity contribution in [3.05, 3.63) is 29.8 Å². The highest BCUT2D eigenvalue weighted by atomic mass is 16.5. The third kappa shape index (κ3) is 7.74. The van der Waals surface area contributed by atoms with Crippen LogP contribution in [0.4, 0.5) is 0 Å². The number of rotatable bonds is 10. The second-order valence-corrected chi connectivity index (χ2v) is 8.74. The van der Waals surface area contributed by atoms with Crippen LogP contribution in [0.25, 0.3) is 0 Å². The molecule has 1 fully saturated rings. The van der Waals surface area contributed by atoms with E-state index in [9.17, 15) is 24.3 Å². The first kappa shape index (κ1) is 26.1. The Kier molecular flexibility index (Phi) is 9.65. The molecule has 3 amide bonds. The topological polar surface area (TPSA) is 137 Å². The number of phenolic OH excluding ortho intramolecular Hbond substituents is 1. The van der Waals surface area contributed by atoms with Crippen LogP contribution in [0.3, 0.4) is 0 Å². The Morgan fingerprint density at radius 1 is 1.27 bits per heavy atom. The van der Waals surface area contributed by atoms with Gasteiger partial charge in [0.25, 0.3) is 5.91 Å². The van der Waals surface area contributed by atoms with E-state index in [-0.39, 0.29) is 24.2 Å². The number of amides is 3. The summed E-state index contributed by atoms with van der Waals surface area (Å²) in [5.41, 5.74) is 3.57. The quantitative estimate of drug-likeness (QED) is 0.296. The van der Waals surface area contributed by atoms with E-state index >= 15 is 0 Å². The maximum atomic E-state index is 13.4. The molecule has 182 valence electrons. The molecule has 1 saturated heterocycles. The molecule has 1 aromatic rings. The number of nitrogens with one attached hydrogen (secondary N) is 3. The highest BCUT2D eigenvalue weighted by Crippen LogP contribution is 2.16. The molecule has 0 radical (unpaired) electrons. The molecule has 2 rings (SSSR count). The summed E-state index contributed by atoms with van der Waals surface area (Å²) < 4.78 is 5.26. The molecule has 0 saturated carbocycles. The van der Waals surface area contributed by atoms with Crippen LogP contribution < -0.4 is 16.1 Å². The van der Waals surface area contributed by atoms with Gasteiger partial charge < -0.3 is 20.5 Å². The van der Waals surface area contributed by atoms with Crippen molar-refractivity contribution in [3.8, 4) is 5.75 Å². The molecule has 0 spiro atoms. The molecule has 10 nitrogen and oxygen atoms in total. The maximum absolute atomic E-state index is 13.4. The number of phenols is 1. The van der Waals surface area contributed by atoms with E-state index in [1.807, 2.05) is 0 Å². The van der Waals surface area contributed by atoms with Crippen LogP contribution in [-0.2, 0) is 30.3 Å². The highest BCUT2D eigenvalue weighted by molar-refractivity contribution is 5.91. The van der Waals surface area contributed by atoms with E-state index in [1.54, 1.807) is 39.8 Å². The summed E-state index contributed by atoms with van der Waals surface area (Å²) in [5.74, 6) is -1.52. The van der Waals surface area contributed by atoms with Gasteiger partial charge in [0, 0.05) is 13.0 Å². The Labute approximate surface area is 194 Å². The number of hydrazine groups is 1. The summed E-state index contributed by atoms with van der Waals surface area (Å²) in [5, 5.41) is 16.4. The summed E-state index contributed by atoms with van der Waals surface area (Å²) in [4.78, 5) is 49.6. The van der Waals surface area contributed by atoms with Crippen LogP contribution in [0.1, 0.15) is 46.1 Å².